The average Bonchev–Trinajstić information content (AvgIpc) is 1.82. The molecule has 0 bridgehead atoms. The number of amides is 1. The van der Waals surface area contributed by atoms with Crippen LogP contribution in [-0.2, 0) is 9.59 Å². The van der Waals surface area contributed by atoms with Crippen LogP contribution in [0.25, 0.3) is 0 Å². The van der Waals surface area contributed by atoms with E-state index in [1.54, 1.807) is 0 Å². The van der Waals surface area contributed by atoms with Gasteiger partial charge < -0.3 is 16.2 Å². The Balaban J connectivity index is 0. The van der Waals surface area contributed by atoms with Gasteiger partial charge in [0.2, 0.25) is 5.91 Å². The molecule has 0 aliphatic rings. The van der Waals surface area contributed by atoms with Crippen molar-refractivity contribution in [3.63, 3.8) is 0 Å². The summed E-state index contributed by atoms with van der Waals surface area (Å²) in [7, 11) is 0. The van der Waals surface area contributed by atoms with Gasteiger partial charge in [-0.15, -0.1) is 0 Å². The van der Waals surface area contributed by atoms with Gasteiger partial charge in [-0.1, -0.05) is 0 Å². The molecule has 66 valence electrons. The van der Waals surface area contributed by atoms with Crippen molar-refractivity contribution in [1.82, 2.24) is 5.32 Å². The molecule has 0 saturated heterocycles. The quantitative estimate of drug-likeness (QED) is 0.494. The molecule has 0 fully saturated rings. The fourth-order valence-electron chi connectivity index (χ4n) is 0.248. The fraction of sp³-hybridized carbons (Fsp3) is 0.667. The highest BCUT2D eigenvalue weighted by molar-refractivity contribution is 5.72. The number of carbonyl (C=O) groups excluding carboxylic acids is 1. The van der Waals surface area contributed by atoms with E-state index in [2.05, 4.69) is 5.32 Å². The number of hydrogen-bond acceptors (Lipinski definition) is 3. The summed E-state index contributed by atoms with van der Waals surface area (Å²) in [4.78, 5) is 19.0. The van der Waals surface area contributed by atoms with Crippen molar-refractivity contribution < 1.29 is 14.7 Å². The number of carbonyl (C=O) groups is 2. The van der Waals surface area contributed by atoms with Gasteiger partial charge in [0.25, 0.3) is 5.97 Å². The van der Waals surface area contributed by atoms with Crippen molar-refractivity contribution in [2.24, 2.45) is 5.73 Å². The van der Waals surface area contributed by atoms with Crippen LogP contribution in [0.3, 0.4) is 0 Å². The second-order valence-electron chi connectivity index (χ2n) is 1.79. The highest BCUT2D eigenvalue weighted by atomic mass is 16.4. The third kappa shape index (κ3) is 50.4. The van der Waals surface area contributed by atoms with Crippen LogP contribution < -0.4 is 11.1 Å². The Hall–Kier alpha value is -1.10. The highest BCUT2D eigenvalue weighted by Gasteiger charge is 1.83. The van der Waals surface area contributed by atoms with Crippen molar-refractivity contribution in [2.45, 2.75) is 13.8 Å². The van der Waals surface area contributed by atoms with E-state index in [1.165, 1.54) is 6.92 Å². The molecule has 0 unspecified atom stereocenters. The molecule has 0 spiro atoms. The lowest BCUT2D eigenvalue weighted by molar-refractivity contribution is -0.134. The summed E-state index contributed by atoms with van der Waals surface area (Å²) >= 11 is 0. The Labute approximate surface area is 65.6 Å². The number of hydrogen-bond donors (Lipinski definition) is 3. The molecular weight excluding hydrogens is 148 g/mol. The van der Waals surface area contributed by atoms with Crippen molar-refractivity contribution in [1.29, 1.82) is 0 Å². The summed E-state index contributed by atoms with van der Waals surface area (Å²) in [6.07, 6.45) is 0. The Morgan fingerprint density at radius 2 is 1.82 bits per heavy atom. The van der Waals surface area contributed by atoms with E-state index in [0.29, 0.717) is 13.1 Å². The lowest BCUT2D eigenvalue weighted by Gasteiger charge is -1.93. The molecule has 0 atom stereocenters. The van der Waals surface area contributed by atoms with Crippen molar-refractivity contribution in [2.75, 3.05) is 13.1 Å². The van der Waals surface area contributed by atoms with E-state index in [1.807, 2.05) is 0 Å². The third-order valence-corrected chi connectivity index (χ3v) is 0.518. The summed E-state index contributed by atoms with van der Waals surface area (Å²) < 4.78 is 0. The molecule has 0 heterocycles. The SMILES string of the molecule is CC(=O)NCCN.CC(=O)O. The summed E-state index contributed by atoms with van der Waals surface area (Å²) in [5.74, 6) is -0.856. The predicted molar refractivity (Wildman–Crippen MR) is 41.0 cm³/mol. The van der Waals surface area contributed by atoms with Crippen LogP contribution in [0.15, 0.2) is 0 Å². The Bertz CT molecular complexity index is 121. The molecule has 0 radical (unpaired) electrons. The van der Waals surface area contributed by atoms with E-state index in [0.717, 1.165) is 6.92 Å². The Morgan fingerprint density at radius 3 is 1.91 bits per heavy atom. The maximum absolute atomic E-state index is 10.0. The van der Waals surface area contributed by atoms with Crippen molar-refractivity contribution in [3.05, 3.63) is 0 Å². The number of carboxylic acid groups (broad SMARTS) is 1. The largest absolute Gasteiger partial charge is 0.481 e. The van der Waals surface area contributed by atoms with E-state index in [4.69, 9.17) is 15.6 Å². The Morgan fingerprint density at radius 1 is 1.45 bits per heavy atom. The number of nitrogens with one attached hydrogen (secondary N) is 1. The van der Waals surface area contributed by atoms with Crippen LogP contribution in [0, 0.1) is 0 Å². The van der Waals surface area contributed by atoms with Gasteiger partial charge in [0.05, 0.1) is 0 Å². The average molecular weight is 162 g/mol. The van der Waals surface area contributed by atoms with Gasteiger partial charge in [0.15, 0.2) is 0 Å². The smallest absolute Gasteiger partial charge is 0.300 e. The molecule has 1 amide bonds. The van der Waals surface area contributed by atoms with Crippen molar-refractivity contribution >= 4 is 11.9 Å². The normalized spacial score (nSPS) is 7.55. The second-order valence-corrected chi connectivity index (χ2v) is 1.79. The summed E-state index contributed by atoms with van der Waals surface area (Å²) in [5.41, 5.74) is 5.06. The molecule has 0 rings (SSSR count). The molecule has 11 heavy (non-hydrogen) atoms. The number of nitrogens with two attached hydrogens (primary N) is 1. The zero-order valence-corrected chi connectivity index (χ0v) is 6.76. The first kappa shape index (κ1) is 12.6. The number of aliphatic carboxylic acids is 1. The van der Waals surface area contributed by atoms with E-state index in [9.17, 15) is 4.79 Å². The topological polar surface area (TPSA) is 92.4 Å². The van der Waals surface area contributed by atoms with Gasteiger partial charge in [-0.05, 0) is 0 Å². The molecule has 0 aromatic carbocycles. The highest BCUT2D eigenvalue weighted by Crippen LogP contribution is 1.54. The van der Waals surface area contributed by atoms with Crippen LogP contribution in [0.1, 0.15) is 13.8 Å². The van der Waals surface area contributed by atoms with Crippen LogP contribution in [0.2, 0.25) is 0 Å². The lowest BCUT2D eigenvalue weighted by atomic mass is 10.6. The first-order valence-corrected chi connectivity index (χ1v) is 3.14. The van der Waals surface area contributed by atoms with Gasteiger partial charge in [-0.25, -0.2) is 0 Å². The molecule has 5 nitrogen and oxygen atoms in total. The van der Waals surface area contributed by atoms with Gasteiger partial charge in [0, 0.05) is 26.9 Å². The summed E-state index contributed by atoms with van der Waals surface area (Å²) in [5, 5.41) is 9.95. The first-order chi connectivity index (χ1) is 5.00. The van der Waals surface area contributed by atoms with Crippen LogP contribution >= 0.6 is 0 Å². The maximum Gasteiger partial charge on any atom is 0.300 e. The zero-order chi connectivity index (χ0) is 9.28. The molecular formula is C6H14N2O3. The molecule has 5 heteroatoms. The van der Waals surface area contributed by atoms with Crippen LogP contribution in [0.4, 0.5) is 0 Å². The van der Waals surface area contributed by atoms with E-state index >= 15 is 0 Å². The van der Waals surface area contributed by atoms with Gasteiger partial charge in [0.1, 0.15) is 0 Å². The lowest BCUT2D eigenvalue weighted by Crippen LogP contribution is -2.26. The molecule has 0 aliphatic carbocycles. The molecule has 0 aromatic rings. The van der Waals surface area contributed by atoms with Crippen molar-refractivity contribution in [3.8, 4) is 0 Å². The number of rotatable bonds is 2. The zero-order valence-electron chi connectivity index (χ0n) is 6.76. The molecule has 0 saturated carbocycles. The third-order valence-electron chi connectivity index (χ3n) is 0.518. The minimum atomic E-state index is -0.833. The minimum absolute atomic E-state index is 0.0227. The Kier molecular flexibility index (Phi) is 10.2. The second kappa shape index (κ2) is 8.90. The van der Waals surface area contributed by atoms with Gasteiger partial charge in [-0.3, -0.25) is 9.59 Å². The minimum Gasteiger partial charge on any atom is -0.481 e. The standard InChI is InChI=1S/C4H10N2O.C2H4O2/c1-4(7)6-3-2-5;1-2(3)4/h2-3,5H2,1H3,(H,6,7);1H3,(H,3,4). The number of carboxylic acids is 1. The molecule has 0 aliphatic heterocycles. The summed E-state index contributed by atoms with van der Waals surface area (Å²) in [6.45, 7) is 3.64. The predicted octanol–water partition coefficient (Wildman–Crippen LogP) is -0.828. The van der Waals surface area contributed by atoms with E-state index in [-0.39, 0.29) is 5.91 Å². The maximum atomic E-state index is 10.0. The van der Waals surface area contributed by atoms with Crippen LogP contribution in [-0.4, -0.2) is 30.1 Å². The monoisotopic (exact) mass is 162 g/mol. The van der Waals surface area contributed by atoms with E-state index < -0.39 is 5.97 Å². The molecule has 4 N–H and O–H groups in total. The first-order valence-electron chi connectivity index (χ1n) is 3.14. The fourth-order valence-corrected chi connectivity index (χ4v) is 0.248. The molecule has 0 aromatic heterocycles. The van der Waals surface area contributed by atoms with Gasteiger partial charge in [-0.2, -0.15) is 0 Å². The van der Waals surface area contributed by atoms with Crippen LogP contribution in [0.5, 0.6) is 0 Å². The van der Waals surface area contributed by atoms with Gasteiger partial charge >= 0.3 is 0 Å². The summed E-state index contributed by atoms with van der Waals surface area (Å²) in [6, 6.07) is 0.